The number of hydrogen-bond donors (Lipinski definition) is 2. The first-order valence-corrected chi connectivity index (χ1v) is 10.7. The minimum Gasteiger partial charge on any atom is -0.381 e. The molecule has 3 atom stereocenters. The third kappa shape index (κ3) is 4.47. The second kappa shape index (κ2) is 7.96. The first kappa shape index (κ1) is 19.6. The Bertz CT molecular complexity index is 712. The van der Waals surface area contributed by atoms with Gasteiger partial charge >= 0.3 is 6.18 Å². The van der Waals surface area contributed by atoms with Crippen molar-refractivity contribution in [3.63, 3.8) is 0 Å². The fraction of sp³-hybridized carbons (Fsp3) is 0.682. The molecule has 2 bridgehead atoms. The van der Waals surface area contributed by atoms with E-state index >= 15 is 0 Å². The van der Waals surface area contributed by atoms with Gasteiger partial charge in [-0.15, -0.1) is 0 Å². The molecule has 0 heterocycles. The zero-order valence-corrected chi connectivity index (χ0v) is 16.2. The third-order valence-electron chi connectivity index (χ3n) is 6.92. The lowest BCUT2D eigenvalue weighted by Gasteiger charge is -2.26. The molecule has 4 rings (SSSR count). The van der Waals surface area contributed by atoms with Gasteiger partial charge in [0.05, 0.1) is 16.9 Å². The largest absolute Gasteiger partial charge is 0.416 e. The number of amides is 1. The fourth-order valence-corrected chi connectivity index (χ4v) is 5.48. The summed E-state index contributed by atoms with van der Waals surface area (Å²) in [6, 6.07) is 3.89. The van der Waals surface area contributed by atoms with Crippen LogP contribution in [0, 0.1) is 17.8 Å². The lowest BCUT2D eigenvalue weighted by molar-refractivity contribution is -0.137. The van der Waals surface area contributed by atoms with Gasteiger partial charge in [-0.1, -0.05) is 25.7 Å². The number of hydrogen-bond acceptors (Lipinski definition) is 2. The summed E-state index contributed by atoms with van der Waals surface area (Å²) in [7, 11) is 0. The van der Waals surface area contributed by atoms with Gasteiger partial charge in [0, 0.05) is 12.5 Å². The second-order valence-corrected chi connectivity index (χ2v) is 8.92. The van der Waals surface area contributed by atoms with E-state index in [0.29, 0.717) is 23.9 Å². The number of carbonyl (C=O) groups excluding carboxylic acids is 1. The highest BCUT2D eigenvalue weighted by Crippen LogP contribution is 2.49. The molecule has 1 aromatic rings. The number of carbonyl (C=O) groups is 1. The molecule has 28 heavy (non-hydrogen) atoms. The maximum absolute atomic E-state index is 13.2. The van der Waals surface area contributed by atoms with Crippen molar-refractivity contribution in [3.8, 4) is 0 Å². The molecule has 1 aromatic carbocycles. The third-order valence-corrected chi connectivity index (χ3v) is 6.92. The summed E-state index contributed by atoms with van der Waals surface area (Å²) in [4.78, 5) is 12.6. The smallest absolute Gasteiger partial charge is 0.381 e. The van der Waals surface area contributed by atoms with Crippen LogP contribution in [0.1, 0.15) is 69.8 Å². The molecule has 3 nitrogen and oxygen atoms in total. The van der Waals surface area contributed by atoms with Gasteiger partial charge in [0.15, 0.2) is 0 Å². The van der Waals surface area contributed by atoms with Gasteiger partial charge in [-0.25, -0.2) is 0 Å². The van der Waals surface area contributed by atoms with E-state index in [0.717, 1.165) is 50.2 Å². The van der Waals surface area contributed by atoms with Gasteiger partial charge in [-0.3, -0.25) is 4.79 Å². The number of nitrogens with one attached hydrogen (secondary N) is 2. The average Bonchev–Trinajstić information content (AvgIpc) is 3.26. The van der Waals surface area contributed by atoms with Crippen LogP contribution in [0.2, 0.25) is 0 Å². The summed E-state index contributed by atoms with van der Waals surface area (Å²) < 4.78 is 39.6. The van der Waals surface area contributed by atoms with Crippen LogP contribution in [0.25, 0.3) is 0 Å². The standard InChI is InChI=1S/C22H29F3N2O/c23-22(24,25)17-8-9-19(26-18-4-2-1-3-5-18)20(13-17)27-21(28)12-16-11-14-6-7-15(16)10-14/h8-9,13-16,18,26H,1-7,10-12H2,(H,27,28)/t14-,15+,16-/m0/s1. The summed E-state index contributed by atoms with van der Waals surface area (Å²) in [5.41, 5.74) is 0.131. The summed E-state index contributed by atoms with van der Waals surface area (Å²) in [5, 5.41) is 6.17. The zero-order valence-electron chi connectivity index (χ0n) is 16.2. The first-order chi connectivity index (χ1) is 13.4. The van der Waals surface area contributed by atoms with Crippen LogP contribution in [0.4, 0.5) is 24.5 Å². The lowest BCUT2D eigenvalue weighted by Crippen LogP contribution is -2.25. The van der Waals surface area contributed by atoms with Crippen molar-refractivity contribution in [2.24, 2.45) is 17.8 Å². The average molecular weight is 394 g/mol. The van der Waals surface area contributed by atoms with E-state index in [1.165, 1.54) is 31.7 Å². The van der Waals surface area contributed by atoms with E-state index in [1.807, 2.05) is 0 Å². The minimum absolute atomic E-state index is 0.163. The summed E-state index contributed by atoms with van der Waals surface area (Å²) in [5.74, 6) is 1.60. The molecule has 6 heteroatoms. The first-order valence-electron chi connectivity index (χ1n) is 10.7. The molecule has 3 aliphatic rings. The SMILES string of the molecule is O=C(C[C@@H]1C[C@H]2CC[C@@H]1C2)Nc1cc(C(F)(F)F)ccc1NC1CCCCC1. The predicted octanol–water partition coefficient (Wildman–Crippen LogP) is 6.21. The van der Waals surface area contributed by atoms with Crippen molar-refractivity contribution in [3.05, 3.63) is 23.8 Å². The Kier molecular flexibility index (Phi) is 5.57. The molecule has 3 aliphatic carbocycles. The van der Waals surface area contributed by atoms with Gasteiger partial charge in [0.2, 0.25) is 5.91 Å². The Hall–Kier alpha value is -1.72. The van der Waals surface area contributed by atoms with Crippen molar-refractivity contribution >= 4 is 17.3 Å². The number of rotatable bonds is 5. The second-order valence-electron chi connectivity index (χ2n) is 8.92. The molecule has 3 saturated carbocycles. The van der Waals surface area contributed by atoms with Crippen LogP contribution >= 0.6 is 0 Å². The fourth-order valence-electron chi connectivity index (χ4n) is 5.48. The maximum Gasteiger partial charge on any atom is 0.416 e. The van der Waals surface area contributed by atoms with Crippen LogP contribution in [-0.2, 0) is 11.0 Å². The summed E-state index contributed by atoms with van der Waals surface area (Å²) in [6.07, 6.45) is 6.26. The number of alkyl halides is 3. The Morgan fingerprint density at radius 2 is 1.79 bits per heavy atom. The molecular formula is C22H29F3N2O. The van der Waals surface area contributed by atoms with E-state index in [2.05, 4.69) is 10.6 Å². The Morgan fingerprint density at radius 3 is 2.43 bits per heavy atom. The summed E-state index contributed by atoms with van der Waals surface area (Å²) in [6.45, 7) is 0. The highest BCUT2D eigenvalue weighted by Gasteiger charge is 2.40. The minimum atomic E-state index is -4.42. The van der Waals surface area contributed by atoms with Crippen LogP contribution in [0.5, 0.6) is 0 Å². The molecule has 1 amide bonds. The van der Waals surface area contributed by atoms with Crippen LogP contribution < -0.4 is 10.6 Å². The molecule has 0 unspecified atom stereocenters. The normalized spacial score (nSPS) is 27.8. The van der Waals surface area contributed by atoms with Gasteiger partial charge in [-0.05, 0) is 68.1 Å². The van der Waals surface area contributed by atoms with Crippen molar-refractivity contribution in [1.29, 1.82) is 0 Å². The highest BCUT2D eigenvalue weighted by molar-refractivity contribution is 5.94. The van der Waals surface area contributed by atoms with Crippen molar-refractivity contribution in [2.45, 2.75) is 76.4 Å². The zero-order chi connectivity index (χ0) is 19.7. The van der Waals surface area contributed by atoms with Crippen molar-refractivity contribution in [2.75, 3.05) is 10.6 Å². The van der Waals surface area contributed by atoms with E-state index < -0.39 is 11.7 Å². The van der Waals surface area contributed by atoms with Gasteiger partial charge in [0.1, 0.15) is 0 Å². The quantitative estimate of drug-likeness (QED) is 0.623. The molecule has 0 aromatic heterocycles. The Labute approximate surface area is 164 Å². The van der Waals surface area contributed by atoms with E-state index in [-0.39, 0.29) is 17.6 Å². The maximum atomic E-state index is 13.2. The molecule has 154 valence electrons. The Morgan fingerprint density at radius 1 is 1.00 bits per heavy atom. The molecule has 0 aliphatic heterocycles. The van der Waals surface area contributed by atoms with Gasteiger partial charge in [-0.2, -0.15) is 13.2 Å². The monoisotopic (exact) mass is 394 g/mol. The van der Waals surface area contributed by atoms with Crippen molar-refractivity contribution < 1.29 is 18.0 Å². The van der Waals surface area contributed by atoms with E-state index in [4.69, 9.17) is 0 Å². The predicted molar refractivity (Wildman–Crippen MR) is 104 cm³/mol. The van der Waals surface area contributed by atoms with Gasteiger partial charge in [0.25, 0.3) is 0 Å². The number of halogens is 3. The summed E-state index contributed by atoms with van der Waals surface area (Å²) >= 11 is 0. The molecule has 0 radical (unpaired) electrons. The van der Waals surface area contributed by atoms with E-state index in [1.54, 1.807) is 0 Å². The number of anilines is 2. The molecular weight excluding hydrogens is 365 g/mol. The van der Waals surface area contributed by atoms with Crippen LogP contribution in [0.3, 0.4) is 0 Å². The van der Waals surface area contributed by atoms with Crippen LogP contribution in [-0.4, -0.2) is 11.9 Å². The molecule has 0 saturated heterocycles. The molecule has 2 N–H and O–H groups in total. The van der Waals surface area contributed by atoms with E-state index in [9.17, 15) is 18.0 Å². The lowest BCUT2D eigenvalue weighted by atomic mass is 9.86. The van der Waals surface area contributed by atoms with Crippen molar-refractivity contribution in [1.82, 2.24) is 0 Å². The number of fused-ring (bicyclic) bond motifs is 2. The van der Waals surface area contributed by atoms with Gasteiger partial charge < -0.3 is 10.6 Å². The Balaban J connectivity index is 1.47. The molecule has 3 fully saturated rings. The highest BCUT2D eigenvalue weighted by atomic mass is 19.4. The number of benzene rings is 1. The topological polar surface area (TPSA) is 41.1 Å². The molecule has 0 spiro atoms. The van der Waals surface area contributed by atoms with Crippen LogP contribution in [0.15, 0.2) is 18.2 Å².